The fraction of sp³-hybridized carbons (Fsp3) is 0.786. The molecule has 0 spiro atoms. The van der Waals surface area contributed by atoms with Crippen LogP contribution >= 0.6 is 0 Å². The second-order valence-corrected chi connectivity index (χ2v) is 6.25. The SMILES string of the molecule is CC(C)=C1N=C(C(C)C)C(C)(C)C1(C)C. The molecule has 0 radical (unpaired) electrons. The molecule has 1 rings (SSSR count). The summed E-state index contributed by atoms with van der Waals surface area (Å²) in [5.74, 6) is 0.538. The van der Waals surface area contributed by atoms with Gasteiger partial charge >= 0.3 is 0 Å². The molecule has 0 aromatic heterocycles. The fourth-order valence-electron chi connectivity index (χ4n) is 2.60. The van der Waals surface area contributed by atoms with Crippen LogP contribution in [0.25, 0.3) is 0 Å². The molecular formula is C14H25N. The summed E-state index contributed by atoms with van der Waals surface area (Å²) in [6.07, 6.45) is 0. The maximum atomic E-state index is 4.89. The molecule has 1 aliphatic rings. The Hall–Kier alpha value is -0.590. The number of hydrogen-bond acceptors (Lipinski definition) is 1. The highest BCUT2D eigenvalue weighted by atomic mass is 14.9. The van der Waals surface area contributed by atoms with E-state index in [9.17, 15) is 0 Å². The maximum Gasteiger partial charge on any atom is 0.0455 e. The van der Waals surface area contributed by atoms with E-state index in [-0.39, 0.29) is 10.8 Å². The third-order valence-electron chi connectivity index (χ3n) is 4.05. The molecule has 0 unspecified atom stereocenters. The minimum Gasteiger partial charge on any atom is -0.261 e. The first kappa shape index (κ1) is 12.5. The Morgan fingerprint density at radius 2 is 1.47 bits per heavy atom. The standard InChI is InChI=1S/C14H25N/c1-9(2)11-13(5,6)14(7,8)12(15-11)10(3)4/h9H,1-8H3. The molecule has 0 saturated carbocycles. The smallest absolute Gasteiger partial charge is 0.0455 e. The van der Waals surface area contributed by atoms with Crippen molar-refractivity contribution in [3.63, 3.8) is 0 Å². The van der Waals surface area contributed by atoms with Gasteiger partial charge in [-0.2, -0.15) is 0 Å². The molecular weight excluding hydrogens is 182 g/mol. The lowest BCUT2D eigenvalue weighted by atomic mass is 9.64. The van der Waals surface area contributed by atoms with Crippen molar-refractivity contribution in [1.82, 2.24) is 0 Å². The van der Waals surface area contributed by atoms with Crippen molar-refractivity contribution >= 4 is 5.71 Å². The lowest BCUT2D eigenvalue weighted by Gasteiger charge is -2.37. The molecule has 1 aliphatic heterocycles. The molecule has 0 saturated heterocycles. The van der Waals surface area contributed by atoms with Crippen molar-refractivity contribution in [2.45, 2.75) is 55.4 Å². The van der Waals surface area contributed by atoms with Gasteiger partial charge in [-0.3, -0.25) is 4.99 Å². The van der Waals surface area contributed by atoms with Gasteiger partial charge < -0.3 is 0 Å². The van der Waals surface area contributed by atoms with E-state index in [0.717, 1.165) is 0 Å². The average molecular weight is 207 g/mol. The van der Waals surface area contributed by atoms with Gasteiger partial charge in [-0.1, -0.05) is 47.1 Å². The number of rotatable bonds is 1. The summed E-state index contributed by atoms with van der Waals surface area (Å²) in [7, 11) is 0. The predicted molar refractivity (Wildman–Crippen MR) is 68.2 cm³/mol. The molecule has 1 nitrogen and oxygen atoms in total. The fourth-order valence-corrected chi connectivity index (χ4v) is 2.60. The summed E-state index contributed by atoms with van der Waals surface area (Å²) in [5, 5.41) is 0. The van der Waals surface area contributed by atoms with Crippen molar-refractivity contribution in [1.29, 1.82) is 0 Å². The van der Waals surface area contributed by atoms with Crippen molar-refractivity contribution in [3.05, 3.63) is 11.3 Å². The van der Waals surface area contributed by atoms with Crippen LogP contribution in [0.5, 0.6) is 0 Å². The average Bonchev–Trinajstić information content (AvgIpc) is 2.19. The minimum atomic E-state index is 0.158. The van der Waals surface area contributed by atoms with Crippen molar-refractivity contribution in [2.75, 3.05) is 0 Å². The zero-order valence-electron chi connectivity index (χ0n) is 11.5. The number of hydrogen-bond donors (Lipinski definition) is 0. The first-order valence-corrected chi connectivity index (χ1v) is 5.89. The molecule has 1 heterocycles. The normalized spacial score (nSPS) is 23.3. The van der Waals surface area contributed by atoms with Crippen LogP contribution in [-0.4, -0.2) is 5.71 Å². The Labute approximate surface area is 94.7 Å². The van der Waals surface area contributed by atoms with Crippen LogP contribution in [0.4, 0.5) is 0 Å². The van der Waals surface area contributed by atoms with Crippen LogP contribution < -0.4 is 0 Å². The Bertz CT molecular complexity index is 323. The van der Waals surface area contributed by atoms with Gasteiger partial charge in [0.2, 0.25) is 0 Å². The minimum absolute atomic E-state index is 0.158. The second kappa shape index (κ2) is 3.47. The summed E-state index contributed by atoms with van der Waals surface area (Å²) in [6, 6.07) is 0. The Morgan fingerprint density at radius 1 is 1.00 bits per heavy atom. The monoisotopic (exact) mass is 207 g/mol. The molecule has 1 heteroatoms. The molecule has 0 bridgehead atoms. The van der Waals surface area contributed by atoms with Gasteiger partial charge in [-0.05, 0) is 19.8 Å². The summed E-state index contributed by atoms with van der Waals surface area (Å²) < 4.78 is 0. The van der Waals surface area contributed by atoms with Crippen LogP contribution in [0.3, 0.4) is 0 Å². The van der Waals surface area contributed by atoms with Gasteiger partial charge in [0, 0.05) is 22.2 Å². The molecule has 0 aromatic carbocycles. The third kappa shape index (κ3) is 1.66. The van der Waals surface area contributed by atoms with Crippen molar-refractivity contribution < 1.29 is 0 Å². The zero-order valence-corrected chi connectivity index (χ0v) is 11.5. The molecule has 0 aromatic rings. The molecule has 86 valence electrons. The Morgan fingerprint density at radius 3 is 1.67 bits per heavy atom. The van der Waals surface area contributed by atoms with Gasteiger partial charge in [0.1, 0.15) is 0 Å². The van der Waals surface area contributed by atoms with E-state index >= 15 is 0 Å². The lowest BCUT2D eigenvalue weighted by molar-refractivity contribution is 0.250. The molecule has 0 amide bonds. The van der Waals surface area contributed by atoms with Crippen molar-refractivity contribution in [2.24, 2.45) is 21.7 Å². The van der Waals surface area contributed by atoms with Gasteiger partial charge in [0.25, 0.3) is 0 Å². The Balaban J connectivity index is 3.37. The molecule has 0 fully saturated rings. The van der Waals surface area contributed by atoms with E-state index in [0.29, 0.717) is 5.92 Å². The quantitative estimate of drug-likeness (QED) is 0.602. The van der Waals surface area contributed by atoms with E-state index in [1.54, 1.807) is 0 Å². The van der Waals surface area contributed by atoms with Crippen LogP contribution in [0.2, 0.25) is 0 Å². The van der Waals surface area contributed by atoms with Crippen LogP contribution in [-0.2, 0) is 0 Å². The molecule has 0 N–H and O–H groups in total. The van der Waals surface area contributed by atoms with E-state index in [1.165, 1.54) is 17.0 Å². The first-order valence-electron chi connectivity index (χ1n) is 5.89. The van der Waals surface area contributed by atoms with Gasteiger partial charge in [-0.15, -0.1) is 0 Å². The summed E-state index contributed by atoms with van der Waals surface area (Å²) in [6.45, 7) is 18.1. The largest absolute Gasteiger partial charge is 0.261 e. The zero-order chi connectivity index (χ0) is 12.0. The van der Waals surface area contributed by atoms with Crippen LogP contribution in [0.15, 0.2) is 16.3 Å². The van der Waals surface area contributed by atoms with Crippen LogP contribution in [0, 0.1) is 16.7 Å². The lowest BCUT2D eigenvalue weighted by Crippen LogP contribution is -2.37. The number of aliphatic imine (C=N–C) groups is 1. The predicted octanol–water partition coefficient (Wildman–Crippen LogP) is 4.44. The summed E-state index contributed by atoms with van der Waals surface area (Å²) >= 11 is 0. The van der Waals surface area contributed by atoms with E-state index in [4.69, 9.17) is 4.99 Å². The number of allylic oxidation sites excluding steroid dienone is 2. The van der Waals surface area contributed by atoms with Gasteiger partial charge in [0.05, 0.1) is 0 Å². The van der Waals surface area contributed by atoms with E-state index in [2.05, 4.69) is 55.4 Å². The highest BCUT2D eigenvalue weighted by molar-refractivity contribution is 5.95. The maximum absolute atomic E-state index is 4.89. The number of nitrogens with zero attached hydrogens (tertiary/aromatic N) is 1. The van der Waals surface area contributed by atoms with E-state index < -0.39 is 0 Å². The van der Waals surface area contributed by atoms with Gasteiger partial charge in [0.15, 0.2) is 0 Å². The molecule has 0 aliphatic carbocycles. The molecule has 0 atom stereocenters. The highest BCUT2D eigenvalue weighted by Gasteiger charge is 2.49. The highest BCUT2D eigenvalue weighted by Crippen LogP contribution is 2.53. The first-order chi connectivity index (χ1) is 6.62. The Kier molecular flexibility index (Phi) is 2.88. The topological polar surface area (TPSA) is 12.4 Å². The van der Waals surface area contributed by atoms with E-state index in [1.807, 2.05) is 0 Å². The third-order valence-corrected chi connectivity index (χ3v) is 4.05. The summed E-state index contributed by atoms with van der Waals surface area (Å²) in [5.41, 5.74) is 4.32. The second-order valence-electron chi connectivity index (χ2n) is 6.25. The van der Waals surface area contributed by atoms with Crippen LogP contribution in [0.1, 0.15) is 55.4 Å². The van der Waals surface area contributed by atoms with Gasteiger partial charge in [-0.25, -0.2) is 0 Å². The molecule has 15 heavy (non-hydrogen) atoms. The van der Waals surface area contributed by atoms with Crippen molar-refractivity contribution in [3.8, 4) is 0 Å². The summed E-state index contributed by atoms with van der Waals surface area (Å²) in [4.78, 5) is 4.89.